The molecule has 2 aromatic rings. The van der Waals surface area contributed by atoms with Crippen LogP contribution in [0.5, 0.6) is 0 Å². The van der Waals surface area contributed by atoms with Crippen molar-refractivity contribution in [2.75, 3.05) is 0 Å². The molecule has 0 spiro atoms. The molecule has 0 aromatic carbocycles. The maximum atomic E-state index is 10.9. The molecule has 94 valence electrons. The summed E-state index contributed by atoms with van der Waals surface area (Å²) >= 11 is 6.02. The molecule has 1 aliphatic carbocycles. The number of nitrogens with zero attached hydrogens (tertiary/aromatic N) is 3. The predicted octanol–water partition coefficient (Wildman–Crippen LogP) is 2.74. The zero-order chi connectivity index (χ0) is 12.7. The fourth-order valence-electron chi connectivity index (χ4n) is 2.49. The maximum absolute atomic E-state index is 10.9. The van der Waals surface area contributed by atoms with Gasteiger partial charge in [0.15, 0.2) is 11.3 Å². The van der Waals surface area contributed by atoms with Crippen LogP contribution < -0.4 is 0 Å². The second-order valence-electron chi connectivity index (χ2n) is 4.59. The van der Waals surface area contributed by atoms with Crippen molar-refractivity contribution in [3.8, 4) is 0 Å². The van der Waals surface area contributed by atoms with Crippen molar-refractivity contribution in [1.29, 1.82) is 0 Å². The van der Waals surface area contributed by atoms with E-state index in [1.807, 2.05) is 6.07 Å². The van der Waals surface area contributed by atoms with Gasteiger partial charge in [0.05, 0.1) is 5.69 Å². The van der Waals surface area contributed by atoms with E-state index in [4.69, 9.17) is 16.7 Å². The molecule has 0 unspecified atom stereocenters. The Morgan fingerprint density at radius 3 is 2.78 bits per heavy atom. The molecule has 5 nitrogen and oxygen atoms in total. The fraction of sp³-hybridized carbons (Fsp3) is 0.417. The second-order valence-corrected chi connectivity index (χ2v) is 4.98. The maximum Gasteiger partial charge on any atom is 0.354 e. The Kier molecular flexibility index (Phi) is 2.70. The van der Waals surface area contributed by atoms with Crippen molar-refractivity contribution in [2.45, 2.75) is 31.6 Å². The molecule has 0 atom stereocenters. The average Bonchev–Trinajstić information content (AvgIpc) is 2.96. The molecular weight excluding hydrogens is 254 g/mol. The van der Waals surface area contributed by atoms with E-state index in [0.29, 0.717) is 11.6 Å². The zero-order valence-corrected chi connectivity index (χ0v) is 10.4. The summed E-state index contributed by atoms with van der Waals surface area (Å²) in [6, 6.07) is 3.16. The largest absolute Gasteiger partial charge is 0.477 e. The number of carbonyl (C=O) groups is 1. The van der Waals surface area contributed by atoms with Crippen molar-refractivity contribution < 1.29 is 9.90 Å². The standard InChI is InChI=1S/C12H12ClN3O2/c13-10-5-9(12(17)18)14-11-6-8(15-16(10)11)7-3-1-2-4-7/h5-7H,1-4H2,(H,17,18). The van der Waals surface area contributed by atoms with E-state index in [1.165, 1.54) is 23.4 Å². The van der Waals surface area contributed by atoms with Gasteiger partial charge in [-0.25, -0.2) is 14.3 Å². The highest BCUT2D eigenvalue weighted by Crippen LogP contribution is 2.33. The van der Waals surface area contributed by atoms with Gasteiger partial charge < -0.3 is 5.11 Å². The number of hydrogen-bond acceptors (Lipinski definition) is 3. The molecule has 1 saturated carbocycles. The molecule has 6 heteroatoms. The van der Waals surface area contributed by atoms with Crippen LogP contribution in [0.2, 0.25) is 5.15 Å². The molecule has 2 heterocycles. The summed E-state index contributed by atoms with van der Waals surface area (Å²) < 4.78 is 1.50. The minimum absolute atomic E-state index is 0.0506. The van der Waals surface area contributed by atoms with Crippen LogP contribution in [-0.2, 0) is 0 Å². The van der Waals surface area contributed by atoms with Gasteiger partial charge in [-0.15, -0.1) is 0 Å². The zero-order valence-electron chi connectivity index (χ0n) is 9.64. The third-order valence-electron chi connectivity index (χ3n) is 3.40. The Hall–Kier alpha value is -1.62. The minimum atomic E-state index is -1.08. The van der Waals surface area contributed by atoms with Crippen LogP contribution in [0.15, 0.2) is 12.1 Å². The van der Waals surface area contributed by atoms with Gasteiger partial charge >= 0.3 is 5.97 Å². The van der Waals surface area contributed by atoms with Crippen LogP contribution in [-0.4, -0.2) is 25.7 Å². The van der Waals surface area contributed by atoms with Gasteiger partial charge in [-0.2, -0.15) is 5.10 Å². The van der Waals surface area contributed by atoms with E-state index in [2.05, 4.69) is 10.1 Å². The van der Waals surface area contributed by atoms with E-state index in [9.17, 15) is 4.79 Å². The van der Waals surface area contributed by atoms with E-state index in [0.717, 1.165) is 18.5 Å². The van der Waals surface area contributed by atoms with Crippen molar-refractivity contribution in [3.63, 3.8) is 0 Å². The van der Waals surface area contributed by atoms with Gasteiger partial charge in [0, 0.05) is 18.1 Å². The second kappa shape index (κ2) is 4.24. The normalized spacial score (nSPS) is 16.5. The molecule has 0 radical (unpaired) electrons. The first kappa shape index (κ1) is 11.5. The lowest BCUT2D eigenvalue weighted by Gasteiger charge is -2.02. The number of carboxylic acids is 1. The molecule has 1 fully saturated rings. The highest BCUT2D eigenvalue weighted by atomic mass is 35.5. The van der Waals surface area contributed by atoms with Crippen LogP contribution in [0.1, 0.15) is 47.8 Å². The van der Waals surface area contributed by atoms with Gasteiger partial charge in [0.25, 0.3) is 0 Å². The first-order valence-electron chi connectivity index (χ1n) is 5.94. The number of halogens is 1. The van der Waals surface area contributed by atoms with E-state index < -0.39 is 5.97 Å². The van der Waals surface area contributed by atoms with Crippen molar-refractivity contribution in [2.24, 2.45) is 0 Å². The number of fused-ring (bicyclic) bond motifs is 1. The fourth-order valence-corrected chi connectivity index (χ4v) is 2.71. The average molecular weight is 266 g/mol. The number of aromatic nitrogens is 3. The Morgan fingerprint density at radius 2 is 2.11 bits per heavy atom. The van der Waals surface area contributed by atoms with E-state index in [-0.39, 0.29) is 10.8 Å². The third-order valence-corrected chi connectivity index (χ3v) is 3.66. The van der Waals surface area contributed by atoms with Crippen molar-refractivity contribution >= 4 is 23.2 Å². The molecule has 3 rings (SSSR count). The summed E-state index contributed by atoms with van der Waals surface area (Å²) in [5.74, 6) is -0.626. The SMILES string of the molecule is O=C(O)c1cc(Cl)n2nc(C3CCCC3)cc2n1. The predicted molar refractivity (Wildman–Crippen MR) is 66.2 cm³/mol. The summed E-state index contributed by atoms with van der Waals surface area (Å²) in [4.78, 5) is 15.0. The van der Waals surface area contributed by atoms with E-state index >= 15 is 0 Å². The minimum Gasteiger partial charge on any atom is -0.477 e. The Labute approximate surface area is 108 Å². The summed E-state index contributed by atoms with van der Waals surface area (Å²) in [7, 11) is 0. The van der Waals surface area contributed by atoms with Gasteiger partial charge in [-0.05, 0) is 12.8 Å². The molecule has 18 heavy (non-hydrogen) atoms. The Balaban J connectivity index is 2.10. The van der Waals surface area contributed by atoms with Crippen LogP contribution in [0.25, 0.3) is 5.65 Å². The highest BCUT2D eigenvalue weighted by Gasteiger charge is 2.21. The molecule has 1 N–H and O–H groups in total. The lowest BCUT2D eigenvalue weighted by atomic mass is 10.1. The number of rotatable bonds is 2. The van der Waals surface area contributed by atoms with E-state index in [1.54, 1.807) is 0 Å². The third kappa shape index (κ3) is 1.84. The Bertz CT molecular complexity index is 617. The number of hydrogen-bond donors (Lipinski definition) is 1. The molecule has 1 aliphatic rings. The van der Waals surface area contributed by atoms with Crippen LogP contribution in [0, 0.1) is 0 Å². The topological polar surface area (TPSA) is 67.5 Å². The molecule has 0 aliphatic heterocycles. The van der Waals surface area contributed by atoms with Gasteiger partial charge in [0.2, 0.25) is 0 Å². The van der Waals surface area contributed by atoms with Crippen LogP contribution in [0.4, 0.5) is 0 Å². The number of aromatic carboxylic acids is 1. The van der Waals surface area contributed by atoms with Crippen molar-refractivity contribution in [3.05, 3.63) is 28.7 Å². The lowest BCUT2D eigenvalue weighted by molar-refractivity contribution is 0.0690. The molecule has 0 amide bonds. The summed E-state index contributed by atoms with van der Waals surface area (Å²) in [5, 5.41) is 13.6. The van der Waals surface area contributed by atoms with Crippen LogP contribution >= 0.6 is 11.6 Å². The molecular formula is C12H12ClN3O2. The summed E-state index contributed by atoms with van der Waals surface area (Å²) in [5.41, 5.74) is 1.41. The van der Waals surface area contributed by atoms with Gasteiger partial charge in [-0.3, -0.25) is 0 Å². The first-order chi connectivity index (χ1) is 8.65. The first-order valence-corrected chi connectivity index (χ1v) is 6.32. The highest BCUT2D eigenvalue weighted by molar-refractivity contribution is 6.30. The quantitative estimate of drug-likeness (QED) is 0.848. The molecule has 0 bridgehead atoms. The van der Waals surface area contributed by atoms with Crippen molar-refractivity contribution in [1.82, 2.24) is 14.6 Å². The summed E-state index contributed by atoms with van der Waals surface area (Å²) in [6.07, 6.45) is 4.71. The lowest BCUT2D eigenvalue weighted by Crippen LogP contribution is -2.03. The molecule has 2 aromatic heterocycles. The Morgan fingerprint density at radius 1 is 1.39 bits per heavy atom. The number of carboxylic acid groups (broad SMARTS) is 1. The molecule has 0 saturated heterocycles. The van der Waals surface area contributed by atoms with Gasteiger partial charge in [-0.1, -0.05) is 24.4 Å². The monoisotopic (exact) mass is 265 g/mol. The van der Waals surface area contributed by atoms with Crippen LogP contribution in [0.3, 0.4) is 0 Å². The smallest absolute Gasteiger partial charge is 0.354 e. The summed E-state index contributed by atoms with van der Waals surface area (Å²) in [6.45, 7) is 0. The van der Waals surface area contributed by atoms with Gasteiger partial charge in [0.1, 0.15) is 5.15 Å².